The summed E-state index contributed by atoms with van der Waals surface area (Å²) in [5.41, 5.74) is 2.07. The van der Waals surface area contributed by atoms with Crippen molar-refractivity contribution in [1.29, 1.82) is 0 Å². The summed E-state index contributed by atoms with van der Waals surface area (Å²) in [7, 11) is 11.5. The normalized spacial score (nSPS) is 11.3. The lowest BCUT2D eigenvalue weighted by molar-refractivity contribution is -0.849. The first-order valence-corrected chi connectivity index (χ1v) is 12.2. The number of nitrogens with zero attached hydrogens (tertiary/aromatic N) is 1. The second-order valence-corrected chi connectivity index (χ2v) is 10.4. The Labute approximate surface area is 222 Å². The van der Waals surface area contributed by atoms with Gasteiger partial charge in [-0.25, -0.2) is 0 Å². The van der Waals surface area contributed by atoms with Crippen LogP contribution in [-0.2, 0) is 23.9 Å². The molecule has 0 radical (unpaired) electrons. The Kier molecular flexibility index (Phi) is 11.5. The van der Waals surface area contributed by atoms with Crippen molar-refractivity contribution in [3.63, 3.8) is 0 Å². The van der Waals surface area contributed by atoms with Crippen LogP contribution in [0.3, 0.4) is 0 Å². The van der Waals surface area contributed by atoms with Crippen LogP contribution in [0.2, 0.25) is 0 Å². The molecule has 3 rings (SSSR count). The van der Waals surface area contributed by atoms with Gasteiger partial charge in [0.1, 0.15) is 17.2 Å². The fourth-order valence-electron chi connectivity index (χ4n) is 3.88. The molecule has 0 heterocycles. The van der Waals surface area contributed by atoms with E-state index in [1.165, 1.54) is 0 Å². The Morgan fingerprint density at radius 2 is 0.811 bits per heavy atom. The molecule has 0 saturated carbocycles. The van der Waals surface area contributed by atoms with Crippen molar-refractivity contribution in [2.24, 2.45) is 0 Å². The van der Waals surface area contributed by atoms with Gasteiger partial charge in [0.15, 0.2) is 0 Å². The molecule has 0 fully saturated rings. The Hall–Kier alpha value is -3.04. The fraction of sp³-hybridized carbons (Fsp3) is 0.379. The van der Waals surface area contributed by atoms with Gasteiger partial charge in [0.2, 0.25) is 0 Å². The van der Waals surface area contributed by atoms with E-state index in [1.54, 1.807) is 21.3 Å². The van der Waals surface area contributed by atoms with Crippen molar-refractivity contribution in [3.8, 4) is 17.2 Å². The Bertz CT molecular complexity index is 921. The van der Waals surface area contributed by atoms with Gasteiger partial charge in [-0.2, -0.15) is 0 Å². The van der Waals surface area contributed by atoms with Crippen LogP contribution in [0.15, 0.2) is 72.8 Å². The summed E-state index contributed by atoms with van der Waals surface area (Å²) >= 11 is 0. The van der Waals surface area contributed by atoms with E-state index in [4.69, 9.17) is 18.9 Å². The van der Waals surface area contributed by atoms with E-state index in [1.807, 2.05) is 72.8 Å². The summed E-state index contributed by atoms with van der Waals surface area (Å²) in [5.74, 6) is 2.27. The number of quaternary nitrogens is 1. The van der Waals surface area contributed by atoms with Crippen molar-refractivity contribution in [2.75, 3.05) is 49.5 Å². The third-order valence-electron chi connectivity index (χ3n) is 5.41. The monoisotopic (exact) mass is 510 g/mol. The minimum absolute atomic E-state index is 0.465. The zero-order chi connectivity index (χ0) is 27.5. The molecule has 37 heavy (non-hydrogen) atoms. The molecular formula is C29H41BNO6+. The number of rotatable bonds is 11. The Morgan fingerprint density at radius 3 is 1.00 bits per heavy atom. The van der Waals surface area contributed by atoms with Crippen molar-refractivity contribution >= 4 is 7.32 Å². The predicted molar refractivity (Wildman–Crippen MR) is 148 cm³/mol. The number of methoxy groups -OCH3 is 3. The summed E-state index contributed by atoms with van der Waals surface area (Å²) in [6.07, 6.45) is 1.39. The fourth-order valence-corrected chi connectivity index (χ4v) is 3.88. The molecule has 0 aliphatic heterocycles. The van der Waals surface area contributed by atoms with Crippen LogP contribution in [0.4, 0.5) is 0 Å². The average Bonchev–Trinajstić information content (AvgIpc) is 2.84. The van der Waals surface area contributed by atoms with E-state index in [9.17, 15) is 10.0 Å². The number of hydrogen-bond donors (Lipinski definition) is 2. The molecule has 0 aromatic heterocycles. The van der Waals surface area contributed by atoms with E-state index < -0.39 is 12.9 Å². The summed E-state index contributed by atoms with van der Waals surface area (Å²) in [6.45, 7) is 0. The van der Waals surface area contributed by atoms with Gasteiger partial charge in [-0.1, -0.05) is 36.4 Å². The third-order valence-corrected chi connectivity index (χ3v) is 5.41. The molecular weight excluding hydrogens is 469 g/mol. The van der Waals surface area contributed by atoms with E-state index in [2.05, 4.69) is 28.2 Å². The summed E-state index contributed by atoms with van der Waals surface area (Å²) in [6, 6.07) is 23.1. The van der Waals surface area contributed by atoms with Gasteiger partial charge in [-0.3, -0.25) is 0 Å². The maximum atomic E-state index is 9.84. The lowest BCUT2D eigenvalue weighted by Crippen LogP contribution is -2.45. The molecule has 2 N–H and O–H groups in total. The topological polar surface area (TPSA) is 77.4 Å². The van der Waals surface area contributed by atoms with Crippen LogP contribution in [-0.4, -0.2) is 77.0 Å². The molecule has 0 bridgehead atoms. The van der Waals surface area contributed by atoms with Crippen LogP contribution >= 0.6 is 0 Å². The maximum absolute atomic E-state index is 9.84. The average molecular weight is 510 g/mol. The first-order chi connectivity index (χ1) is 17.4. The van der Waals surface area contributed by atoms with E-state index in [0.717, 1.165) is 38.4 Å². The van der Waals surface area contributed by atoms with Crippen LogP contribution in [0, 0.1) is 0 Å². The number of benzene rings is 3. The second kappa shape index (κ2) is 14.0. The van der Waals surface area contributed by atoms with Crippen LogP contribution in [0.25, 0.3) is 0 Å². The van der Waals surface area contributed by atoms with E-state index >= 15 is 0 Å². The van der Waals surface area contributed by atoms with Gasteiger partial charge in [0.05, 0.1) is 55.1 Å². The molecule has 0 saturated heterocycles. The first kappa shape index (κ1) is 30.2. The van der Waals surface area contributed by atoms with Crippen LogP contribution in [0.1, 0.15) is 16.7 Å². The highest BCUT2D eigenvalue weighted by molar-refractivity contribution is 6.32. The minimum atomic E-state index is -1.91. The molecule has 0 aliphatic rings. The second-order valence-electron chi connectivity index (χ2n) is 10.4. The standard InChI is InChI=1S/C25H29BO6.C4H12N/c1-29-22-10-4-19(5-11-22)16-25(32-26(27)28,17-20-6-12-23(30-2)13-7-20)18-21-8-14-24(31-3)15-9-21;1-5(2,3)4/h4-15,27-28H,16-18H2,1-3H3;1-4H3/q;+1. The zero-order valence-electron chi connectivity index (χ0n) is 23.1. The molecule has 8 heteroatoms. The summed E-state index contributed by atoms with van der Waals surface area (Å²) < 4.78 is 22.6. The van der Waals surface area contributed by atoms with Crippen LogP contribution < -0.4 is 14.2 Å². The van der Waals surface area contributed by atoms with Gasteiger partial charge < -0.3 is 33.4 Å². The quantitative estimate of drug-likeness (QED) is 0.302. The third kappa shape index (κ3) is 11.3. The summed E-state index contributed by atoms with van der Waals surface area (Å²) in [5, 5.41) is 19.7. The van der Waals surface area contributed by atoms with Gasteiger partial charge >= 0.3 is 7.32 Å². The largest absolute Gasteiger partial charge is 0.634 e. The molecule has 3 aromatic carbocycles. The SMILES string of the molecule is COc1ccc(CC(Cc2ccc(OC)cc2)(Cc2ccc(OC)cc2)OB(O)O)cc1.C[N+](C)(C)C. The molecule has 0 aliphatic carbocycles. The van der Waals surface area contributed by atoms with Crippen LogP contribution in [0.5, 0.6) is 17.2 Å². The molecule has 0 unspecified atom stereocenters. The highest BCUT2D eigenvalue weighted by Crippen LogP contribution is 2.30. The van der Waals surface area contributed by atoms with Crippen molar-refractivity contribution in [1.82, 2.24) is 0 Å². The minimum Gasteiger partial charge on any atom is -0.497 e. The smallest absolute Gasteiger partial charge is 0.497 e. The highest BCUT2D eigenvalue weighted by Gasteiger charge is 2.36. The lowest BCUT2D eigenvalue weighted by atomic mass is 9.81. The van der Waals surface area contributed by atoms with Gasteiger partial charge in [0, 0.05) is 19.3 Å². The molecule has 200 valence electrons. The van der Waals surface area contributed by atoms with Gasteiger partial charge in [-0.05, 0) is 53.1 Å². The molecule has 0 atom stereocenters. The van der Waals surface area contributed by atoms with Crippen molar-refractivity contribution in [3.05, 3.63) is 89.5 Å². The maximum Gasteiger partial charge on any atom is 0.634 e. The van der Waals surface area contributed by atoms with Gasteiger partial charge in [0.25, 0.3) is 0 Å². The molecule has 3 aromatic rings. The zero-order valence-corrected chi connectivity index (χ0v) is 23.1. The lowest BCUT2D eigenvalue weighted by Gasteiger charge is -2.35. The Balaban J connectivity index is 0.000000877. The van der Waals surface area contributed by atoms with Crippen molar-refractivity contribution < 1.29 is 33.4 Å². The van der Waals surface area contributed by atoms with E-state index in [-0.39, 0.29) is 0 Å². The first-order valence-electron chi connectivity index (χ1n) is 12.2. The number of ether oxygens (including phenoxy) is 3. The summed E-state index contributed by atoms with van der Waals surface area (Å²) in [4.78, 5) is 0. The van der Waals surface area contributed by atoms with Crippen molar-refractivity contribution in [2.45, 2.75) is 24.9 Å². The highest BCUT2D eigenvalue weighted by atomic mass is 16.6. The molecule has 0 spiro atoms. The molecule has 0 amide bonds. The van der Waals surface area contributed by atoms with Gasteiger partial charge in [-0.15, -0.1) is 0 Å². The van der Waals surface area contributed by atoms with E-state index in [0.29, 0.717) is 19.3 Å². The molecule has 7 nitrogen and oxygen atoms in total. The predicted octanol–water partition coefficient (Wildman–Crippen LogP) is 3.79. The number of hydrogen-bond acceptors (Lipinski definition) is 6. The Morgan fingerprint density at radius 1 is 0.568 bits per heavy atom.